The van der Waals surface area contributed by atoms with Crippen molar-refractivity contribution in [3.63, 3.8) is 0 Å². The molecule has 0 radical (unpaired) electrons. The maximum absolute atomic E-state index is 12.5. The average molecular weight is 327 g/mol. The summed E-state index contributed by atoms with van der Waals surface area (Å²) < 4.78 is 32.5. The predicted octanol–water partition coefficient (Wildman–Crippen LogP) is 0.342. The Morgan fingerprint density at radius 2 is 2.00 bits per heavy atom. The number of primary amides is 1. The molecule has 22 heavy (non-hydrogen) atoms. The molecule has 2 rings (SSSR count). The van der Waals surface area contributed by atoms with Gasteiger partial charge in [0.1, 0.15) is 5.75 Å². The first kappa shape index (κ1) is 16.7. The van der Waals surface area contributed by atoms with Crippen LogP contribution in [0, 0.1) is 0 Å². The molecule has 1 aliphatic carbocycles. The number of sulfonamides is 1. The molecule has 0 bridgehead atoms. The van der Waals surface area contributed by atoms with Crippen LogP contribution in [0.5, 0.6) is 5.75 Å². The maximum atomic E-state index is 12.5. The molecule has 0 unspecified atom stereocenters. The minimum Gasteiger partial charge on any atom is -0.496 e. The summed E-state index contributed by atoms with van der Waals surface area (Å²) >= 11 is 0. The van der Waals surface area contributed by atoms with Crippen molar-refractivity contribution in [2.75, 3.05) is 7.11 Å². The van der Waals surface area contributed by atoms with Gasteiger partial charge in [-0.1, -0.05) is 12.8 Å². The van der Waals surface area contributed by atoms with Gasteiger partial charge < -0.3 is 16.2 Å². The van der Waals surface area contributed by atoms with E-state index in [9.17, 15) is 13.2 Å². The summed E-state index contributed by atoms with van der Waals surface area (Å²) in [4.78, 5) is 11.4. The van der Waals surface area contributed by atoms with Crippen LogP contribution in [-0.4, -0.2) is 33.5 Å². The van der Waals surface area contributed by atoms with Crippen molar-refractivity contribution in [2.45, 2.75) is 42.7 Å². The molecule has 122 valence electrons. The van der Waals surface area contributed by atoms with Gasteiger partial charge in [-0.05, 0) is 31.0 Å². The molecular weight excluding hydrogens is 306 g/mol. The number of carbonyl (C=O) groups excluding carboxylic acids is 1. The van der Waals surface area contributed by atoms with Crippen LogP contribution >= 0.6 is 0 Å². The molecule has 0 saturated heterocycles. The van der Waals surface area contributed by atoms with Crippen molar-refractivity contribution in [2.24, 2.45) is 11.5 Å². The monoisotopic (exact) mass is 327 g/mol. The molecule has 1 aromatic rings. The highest BCUT2D eigenvalue weighted by Crippen LogP contribution is 2.24. The summed E-state index contributed by atoms with van der Waals surface area (Å²) in [6.07, 6.45) is 3.45. The summed E-state index contributed by atoms with van der Waals surface area (Å²) in [6, 6.07) is 3.52. The highest BCUT2D eigenvalue weighted by molar-refractivity contribution is 7.89. The Kier molecular flexibility index (Phi) is 5.05. The zero-order valence-corrected chi connectivity index (χ0v) is 13.2. The Labute approximate surface area is 130 Å². The zero-order chi connectivity index (χ0) is 16.3. The summed E-state index contributed by atoms with van der Waals surface area (Å²) in [5.74, 6) is -0.510. The second-order valence-corrected chi connectivity index (χ2v) is 7.12. The van der Waals surface area contributed by atoms with Gasteiger partial charge in [0.25, 0.3) is 5.91 Å². The molecule has 0 aliphatic heterocycles. The van der Waals surface area contributed by atoms with Crippen LogP contribution in [0.3, 0.4) is 0 Å². The number of rotatable bonds is 5. The number of nitrogens with one attached hydrogen (secondary N) is 1. The number of methoxy groups -OCH3 is 1. The molecular formula is C14H21N3O4S. The van der Waals surface area contributed by atoms with Gasteiger partial charge in [-0.25, -0.2) is 13.1 Å². The summed E-state index contributed by atoms with van der Waals surface area (Å²) in [7, 11) is -2.38. The lowest BCUT2D eigenvalue weighted by atomic mass is 9.92. The van der Waals surface area contributed by atoms with Gasteiger partial charge in [-0.2, -0.15) is 0 Å². The Balaban J connectivity index is 2.29. The SMILES string of the molecule is COc1ccc(S(=O)(=O)N[C@@H]2CCCC[C@H]2N)cc1C(N)=O. The Hall–Kier alpha value is -1.64. The van der Waals surface area contributed by atoms with E-state index in [2.05, 4.69) is 4.72 Å². The Morgan fingerprint density at radius 3 is 2.59 bits per heavy atom. The largest absolute Gasteiger partial charge is 0.496 e. The number of benzene rings is 1. The van der Waals surface area contributed by atoms with E-state index in [0.29, 0.717) is 6.42 Å². The second kappa shape index (κ2) is 6.64. The molecule has 1 amide bonds. The molecule has 1 saturated carbocycles. The first-order valence-corrected chi connectivity index (χ1v) is 8.59. The highest BCUT2D eigenvalue weighted by Gasteiger charge is 2.28. The first-order chi connectivity index (χ1) is 10.3. The molecule has 1 aromatic carbocycles. The van der Waals surface area contributed by atoms with Crippen LogP contribution in [0.15, 0.2) is 23.1 Å². The lowest BCUT2D eigenvalue weighted by Crippen LogP contribution is -2.49. The number of hydrogen-bond donors (Lipinski definition) is 3. The lowest BCUT2D eigenvalue weighted by Gasteiger charge is -2.29. The molecule has 5 N–H and O–H groups in total. The summed E-state index contributed by atoms with van der Waals surface area (Å²) in [6.45, 7) is 0. The molecule has 8 heteroatoms. The lowest BCUT2D eigenvalue weighted by molar-refractivity contribution is 0.0997. The first-order valence-electron chi connectivity index (χ1n) is 7.11. The molecule has 0 heterocycles. The van der Waals surface area contributed by atoms with Crippen LogP contribution in [0.1, 0.15) is 36.0 Å². The fraction of sp³-hybridized carbons (Fsp3) is 0.500. The molecule has 0 aromatic heterocycles. The maximum Gasteiger partial charge on any atom is 0.252 e. The van der Waals surface area contributed by atoms with E-state index in [0.717, 1.165) is 19.3 Å². The van der Waals surface area contributed by atoms with Gasteiger partial charge in [-0.15, -0.1) is 0 Å². The smallest absolute Gasteiger partial charge is 0.252 e. The standard InChI is InChI=1S/C14H21N3O4S/c1-21-13-7-6-9(8-10(13)14(16)18)22(19,20)17-12-5-3-2-4-11(12)15/h6-8,11-12,17H,2-5,15H2,1H3,(H2,16,18)/t11-,12-/m1/s1. The van der Waals surface area contributed by atoms with Crippen molar-refractivity contribution in [3.8, 4) is 5.75 Å². The number of nitrogens with two attached hydrogens (primary N) is 2. The van der Waals surface area contributed by atoms with E-state index in [4.69, 9.17) is 16.2 Å². The van der Waals surface area contributed by atoms with E-state index in [-0.39, 0.29) is 28.3 Å². The van der Waals surface area contributed by atoms with Crippen LogP contribution in [0.4, 0.5) is 0 Å². The fourth-order valence-electron chi connectivity index (χ4n) is 2.62. The zero-order valence-electron chi connectivity index (χ0n) is 12.4. The van der Waals surface area contributed by atoms with Crippen molar-refractivity contribution < 1.29 is 17.9 Å². The summed E-state index contributed by atoms with van der Waals surface area (Å²) in [5.41, 5.74) is 11.2. The van der Waals surface area contributed by atoms with Gasteiger partial charge in [0.2, 0.25) is 10.0 Å². The number of hydrogen-bond acceptors (Lipinski definition) is 5. The molecule has 1 aliphatic rings. The molecule has 2 atom stereocenters. The van der Waals surface area contributed by atoms with Crippen LogP contribution in [-0.2, 0) is 10.0 Å². The van der Waals surface area contributed by atoms with Crippen LogP contribution in [0.25, 0.3) is 0 Å². The number of ether oxygens (including phenoxy) is 1. The van der Waals surface area contributed by atoms with Gasteiger partial charge in [-0.3, -0.25) is 4.79 Å². The third kappa shape index (κ3) is 3.57. The summed E-state index contributed by atoms with van der Waals surface area (Å²) in [5, 5.41) is 0. The minimum absolute atomic E-state index is 0.0262. The van der Waals surface area contributed by atoms with Crippen molar-refractivity contribution in [3.05, 3.63) is 23.8 Å². The van der Waals surface area contributed by atoms with E-state index in [1.165, 1.54) is 25.3 Å². The van der Waals surface area contributed by atoms with Crippen molar-refractivity contribution in [1.82, 2.24) is 4.72 Å². The number of carbonyl (C=O) groups is 1. The van der Waals surface area contributed by atoms with Crippen molar-refractivity contribution in [1.29, 1.82) is 0 Å². The third-order valence-electron chi connectivity index (χ3n) is 3.87. The normalized spacial score (nSPS) is 22.3. The van der Waals surface area contributed by atoms with Crippen molar-refractivity contribution >= 4 is 15.9 Å². The second-order valence-electron chi connectivity index (χ2n) is 5.40. The average Bonchev–Trinajstić information content (AvgIpc) is 2.48. The Morgan fingerprint density at radius 1 is 1.32 bits per heavy atom. The van der Waals surface area contributed by atoms with E-state index < -0.39 is 15.9 Å². The Bertz CT molecular complexity index is 660. The molecule has 7 nitrogen and oxygen atoms in total. The molecule has 1 fully saturated rings. The van der Waals surface area contributed by atoms with Crippen LogP contribution < -0.4 is 20.9 Å². The van der Waals surface area contributed by atoms with Crippen LogP contribution in [0.2, 0.25) is 0 Å². The predicted molar refractivity (Wildman–Crippen MR) is 82.1 cm³/mol. The van der Waals surface area contributed by atoms with Gasteiger partial charge in [0.05, 0.1) is 17.6 Å². The van der Waals surface area contributed by atoms with E-state index in [1.54, 1.807) is 0 Å². The minimum atomic E-state index is -3.77. The molecule has 0 spiro atoms. The van der Waals surface area contributed by atoms with E-state index >= 15 is 0 Å². The fourth-order valence-corrected chi connectivity index (χ4v) is 3.97. The number of amides is 1. The van der Waals surface area contributed by atoms with Gasteiger partial charge in [0, 0.05) is 12.1 Å². The quantitative estimate of drug-likeness (QED) is 0.719. The van der Waals surface area contributed by atoms with Gasteiger partial charge >= 0.3 is 0 Å². The topological polar surface area (TPSA) is 125 Å². The highest BCUT2D eigenvalue weighted by atomic mass is 32.2. The van der Waals surface area contributed by atoms with E-state index in [1.807, 2.05) is 0 Å². The van der Waals surface area contributed by atoms with Gasteiger partial charge in [0.15, 0.2) is 0 Å². The third-order valence-corrected chi connectivity index (χ3v) is 5.36.